The molecule has 2 aromatic carbocycles. The number of hydrogen-bond donors (Lipinski definition) is 0. The fraction of sp³-hybridized carbons (Fsp3) is 0.394. The molecule has 0 N–H and O–H groups in total. The number of aliphatic imine (C=N–C) groups is 1. The molecule has 0 saturated carbocycles. The normalized spacial score (nSPS) is 19.5. The molecule has 0 aromatic heterocycles. The number of carbonyl (C=O) groups is 3. The van der Waals surface area contributed by atoms with Gasteiger partial charge in [0.15, 0.2) is 5.17 Å². The van der Waals surface area contributed by atoms with Crippen LogP contribution in [0.15, 0.2) is 70.2 Å². The van der Waals surface area contributed by atoms with Crippen molar-refractivity contribution in [3.05, 3.63) is 76.3 Å². The lowest BCUT2D eigenvalue weighted by atomic mass is 9.90. The van der Waals surface area contributed by atoms with Crippen LogP contribution in [0.4, 0.5) is 0 Å². The van der Waals surface area contributed by atoms with Crippen LogP contribution in [-0.2, 0) is 23.9 Å². The molecule has 232 valence electrons. The van der Waals surface area contributed by atoms with E-state index in [4.69, 9.17) is 23.9 Å². The third kappa shape index (κ3) is 6.33. The second-order valence-electron chi connectivity index (χ2n) is 10.5. The molecule has 3 aliphatic heterocycles. The van der Waals surface area contributed by atoms with Crippen molar-refractivity contribution in [1.82, 2.24) is 9.80 Å². The third-order valence-corrected chi connectivity index (χ3v) is 8.70. The summed E-state index contributed by atoms with van der Waals surface area (Å²) in [6, 6.07) is 14.2. The average Bonchev–Trinajstić information content (AvgIpc) is 3.46. The van der Waals surface area contributed by atoms with E-state index in [2.05, 4.69) is 0 Å². The topological polar surface area (TPSA) is 107 Å². The fourth-order valence-corrected chi connectivity index (χ4v) is 6.68. The number of likely N-dealkylation sites (tertiary alicyclic amines) is 1. The van der Waals surface area contributed by atoms with Crippen LogP contribution in [0.5, 0.6) is 11.5 Å². The van der Waals surface area contributed by atoms with E-state index in [9.17, 15) is 14.4 Å². The number of amides is 1. The maximum Gasteiger partial charge on any atom is 0.338 e. The van der Waals surface area contributed by atoms with E-state index in [-0.39, 0.29) is 30.8 Å². The van der Waals surface area contributed by atoms with E-state index in [1.54, 1.807) is 45.1 Å². The Labute approximate surface area is 261 Å². The number of amidine groups is 1. The Hall–Kier alpha value is -4.25. The maximum absolute atomic E-state index is 13.8. The highest BCUT2D eigenvalue weighted by molar-refractivity contribution is 8.16. The van der Waals surface area contributed by atoms with Gasteiger partial charge in [0.1, 0.15) is 11.5 Å². The number of thioether (sulfide) groups is 1. The van der Waals surface area contributed by atoms with Gasteiger partial charge in [-0.05, 0) is 50.3 Å². The predicted molar refractivity (Wildman–Crippen MR) is 168 cm³/mol. The Morgan fingerprint density at radius 1 is 1.00 bits per heavy atom. The molecule has 3 aliphatic rings. The van der Waals surface area contributed by atoms with Gasteiger partial charge in [-0.15, -0.1) is 0 Å². The van der Waals surface area contributed by atoms with Crippen molar-refractivity contribution in [2.24, 2.45) is 10.9 Å². The van der Waals surface area contributed by atoms with Crippen LogP contribution in [0.1, 0.15) is 50.3 Å². The van der Waals surface area contributed by atoms with Crippen LogP contribution < -0.4 is 9.47 Å². The molecule has 5 rings (SSSR count). The largest absolute Gasteiger partial charge is 0.497 e. The first-order chi connectivity index (χ1) is 21.4. The Balaban J connectivity index is 1.57. The van der Waals surface area contributed by atoms with Crippen molar-refractivity contribution < 1.29 is 33.3 Å². The van der Waals surface area contributed by atoms with Gasteiger partial charge >= 0.3 is 11.9 Å². The number of piperidine rings is 1. The van der Waals surface area contributed by atoms with Crippen molar-refractivity contribution in [1.29, 1.82) is 0 Å². The molecule has 11 heteroatoms. The Bertz CT molecular complexity index is 1500. The average molecular weight is 620 g/mol. The zero-order valence-electron chi connectivity index (χ0n) is 25.4. The molecule has 0 radical (unpaired) electrons. The summed E-state index contributed by atoms with van der Waals surface area (Å²) >= 11 is 1.39. The summed E-state index contributed by atoms with van der Waals surface area (Å²) in [6.45, 7) is 4.91. The minimum Gasteiger partial charge on any atom is -0.497 e. The minimum atomic E-state index is -0.732. The number of methoxy groups -OCH3 is 2. The van der Waals surface area contributed by atoms with Gasteiger partial charge < -0.3 is 28.7 Å². The molecule has 0 aliphatic carbocycles. The van der Waals surface area contributed by atoms with Gasteiger partial charge in [0.25, 0.3) is 0 Å². The molecule has 1 fully saturated rings. The summed E-state index contributed by atoms with van der Waals surface area (Å²) < 4.78 is 22.2. The first kappa shape index (κ1) is 31.2. The van der Waals surface area contributed by atoms with E-state index in [0.717, 1.165) is 12.0 Å². The van der Waals surface area contributed by atoms with Crippen LogP contribution >= 0.6 is 11.8 Å². The number of carbonyl (C=O) groups excluding carboxylic acids is 3. The molecule has 3 heterocycles. The molecule has 0 unspecified atom stereocenters. The van der Waals surface area contributed by atoms with Gasteiger partial charge in [0.05, 0.1) is 57.1 Å². The van der Waals surface area contributed by atoms with E-state index in [0.29, 0.717) is 65.3 Å². The van der Waals surface area contributed by atoms with Crippen molar-refractivity contribution in [3.8, 4) is 11.5 Å². The second kappa shape index (κ2) is 14.0. The molecule has 10 nitrogen and oxygen atoms in total. The fourth-order valence-electron chi connectivity index (χ4n) is 5.76. The summed E-state index contributed by atoms with van der Waals surface area (Å²) in [5.41, 5.74) is 2.93. The highest BCUT2D eigenvalue weighted by Gasteiger charge is 2.44. The zero-order chi connectivity index (χ0) is 31.2. The smallest absolute Gasteiger partial charge is 0.338 e. The lowest BCUT2D eigenvalue weighted by Gasteiger charge is -2.38. The van der Waals surface area contributed by atoms with Gasteiger partial charge in [-0.2, -0.15) is 0 Å². The van der Waals surface area contributed by atoms with Crippen LogP contribution in [-0.4, -0.2) is 73.3 Å². The summed E-state index contributed by atoms with van der Waals surface area (Å²) in [6.07, 6.45) is 1.47. The SMILES string of the molecule is CCOC(=O)C1=C(c2ccccc2)N=C2SC=C(CC(=O)N3CCC[C@@H](C(=O)OCC)C3)N2[C@H]1c1cc(OC)ccc1OC. The number of esters is 2. The molecule has 2 aromatic rings. The van der Waals surface area contributed by atoms with Gasteiger partial charge in [0.2, 0.25) is 5.91 Å². The van der Waals surface area contributed by atoms with Crippen molar-refractivity contribution in [3.63, 3.8) is 0 Å². The standard InChI is InChI=1S/C33H37N3O7S/c1-5-42-31(38)22-13-10-16-35(19-22)27(37)17-23-20-44-33-34-29(21-11-8-7-9-12-21)28(32(39)43-6-2)30(36(23)33)25-18-24(40-3)14-15-26(25)41-4/h7-9,11-12,14-15,18,20,22,30H,5-6,10,13,16-17,19H2,1-4H3/t22-,30+/m1/s1. The van der Waals surface area contributed by atoms with Gasteiger partial charge in [-0.25, -0.2) is 9.79 Å². The first-order valence-electron chi connectivity index (χ1n) is 14.8. The number of fused-ring (bicyclic) bond motifs is 1. The molecule has 0 bridgehead atoms. The predicted octanol–water partition coefficient (Wildman–Crippen LogP) is 5.17. The quantitative estimate of drug-likeness (QED) is 0.333. The number of nitrogens with zero attached hydrogens (tertiary/aromatic N) is 3. The summed E-state index contributed by atoms with van der Waals surface area (Å²) in [7, 11) is 3.15. The Kier molecular flexibility index (Phi) is 9.94. The number of hydrogen-bond acceptors (Lipinski definition) is 10. The van der Waals surface area contributed by atoms with Gasteiger partial charge in [-0.1, -0.05) is 42.1 Å². The summed E-state index contributed by atoms with van der Waals surface area (Å²) in [5, 5.41) is 2.53. The van der Waals surface area contributed by atoms with Crippen molar-refractivity contribution >= 4 is 40.5 Å². The molecule has 1 amide bonds. The number of benzene rings is 2. The summed E-state index contributed by atoms with van der Waals surface area (Å²) in [5.74, 6) is -0.108. The molecule has 2 atom stereocenters. The second-order valence-corrected chi connectivity index (χ2v) is 11.3. The summed E-state index contributed by atoms with van der Waals surface area (Å²) in [4.78, 5) is 48.6. The lowest BCUT2D eigenvalue weighted by Crippen LogP contribution is -2.44. The van der Waals surface area contributed by atoms with E-state index in [1.165, 1.54) is 11.8 Å². The molecular weight excluding hydrogens is 582 g/mol. The number of ether oxygens (including phenoxy) is 4. The van der Waals surface area contributed by atoms with Gasteiger partial charge in [-0.3, -0.25) is 9.59 Å². The molecule has 1 saturated heterocycles. The van der Waals surface area contributed by atoms with E-state index in [1.807, 2.05) is 46.7 Å². The molecular formula is C33H37N3O7S. The van der Waals surface area contributed by atoms with Crippen LogP contribution in [0.25, 0.3) is 5.70 Å². The number of rotatable bonds is 10. The van der Waals surface area contributed by atoms with Crippen LogP contribution in [0.2, 0.25) is 0 Å². The first-order valence-corrected chi connectivity index (χ1v) is 15.6. The van der Waals surface area contributed by atoms with Gasteiger partial charge in [0, 0.05) is 29.9 Å². The highest BCUT2D eigenvalue weighted by Crippen LogP contribution is 2.49. The van der Waals surface area contributed by atoms with E-state index < -0.39 is 12.0 Å². The van der Waals surface area contributed by atoms with Crippen LogP contribution in [0.3, 0.4) is 0 Å². The minimum absolute atomic E-state index is 0.0567. The molecule has 44 heavy (non-hydrogen) atoms. The van der Waals surface area contributed by atoms with E-state index >= 15 is 0 Å². The van der Waals surface area contributed by atoms with Crippen molar-refractivity contribution in [2.75, 3.05) is 40.5 Å². The highest BCUT2D eigenvalue weighted by atomic mass is 32.2. The monoisotopic (exact) mass is 619 g/mol. The van der Waals surface area contributed by atoms with Crippen molar-refractivity contribution in [2.45, 2.75) is 39.2 Å². The van der Waals surface area contributed by atoms with Crippen LogP contribution in [0, 0.1) is 5.92 Å². The maximum atomic E-state index is 13.8. The Morgan fingerprint density at radius 3 is 2.48 bits per heavy atom. The molecule has 0 spiro atoms. The lowest BCUT2D eigenvalue weighted by molar-refractivity contribution is -0.151. The Morgan fingerprint density at radius 2 is 1.77 bits per heavy atom. The zero-order valence-corrected chi connectivity index (χ0v) is 26.2. The third-order valence-electron chi connectivity index (χ3n) is 7.81.